The van der Waals surface area contributed by atoms with E-state index < -0.39 is 0 Å². The molecule has 2 heterocycles. The maximum Gasteiger partial charge on any atom is 0.204 e. The Hall–Kier alpha value is -2.78. The topological polar surface area (TPSA) is 29.9 Å². The average Bonchev–Trinajstić information content (AvgIpc) is 3.12. The first-order valence-corrected chi connectivity index (χ1v) is 10.2. The van der Waals surface area contributed by atoms with Crippen LogP contribution in [0.5, 0.6) is 0 Å². The molecule has 28 heavy (non-hydrogen) atoms. The van der Waals surface area contributed by atoms with E-state index in [1.165, 1.54) is 22.2 Å². The molecule has 0 saturated heterocycles. The molecule has 0 aliphatic carbocycles. The fraction of sp³-hybridized carbons (Fsp3) is 0.208. The van der Waals surface area contributed by atoms with Crippen LogP contribution in [-0.4, -0.2) is 9.55 Å². The summed E-state index contributed by atoms with van der Waals surface area (Å²) in [6.07, 6.45) is 2.01. The summed E-state index contributed by atoms with van der Waals surface area (Å²) in [5.41, 5.74) is 6.11. The molecule has 0 bridgehead atoms. The van der Waals surface area contributed by atoms with E-state index in [2.05, 4.69) is 71.4 Å². The Morgan fingerprint density at radius 1 is 0.964 bits per heavy atom. The second kappa shape index (κ2) is 6.99. The van der Waals surface area contributed by atoms with Gasteiger partial charge in [0.05, 0.1) is 23.1 Å². The van der Waals surface area contributed by atoms with Crippen LogP contribution in [0, 0.1) is 0 Å². The van der Waals surface area contributed by atoms with Gasteiger partial charge in [-0.25, -0.2) is 4.98 Å². The first-order chi connectivity index (χ1) is 13.7. The quantitative estimate of drug-likeness (QED) is 0.441. The summed E-state index contributed by atoms with van der Waals surface area (Å²) in [7, 11) is 0. The lowest BCUT2D eigenvalue weighted by Crippen LogP contribution is -2.27. The van der Waals surface area contributed by atoms with Crippen molar-refractivity contribution < 1.29 is 0 Å². The molecule has 0 unspecified atom stereocenters. The van der Waals surface area contributed by atoms with Crippen LogP contribution in [0.4, 0.5) is 5.95 Å². The summed E-state index contributed by atoms with van der Waals surface area (Å²) in [6.45, 7) is 2.19. The summed E-state index contributed by atoms with van der Waals surface area (Å²) < 4.78 is 2.35. The van der Waals surface area contributed by atoms with E-state index in [0.717, 1.165) is 29.3 Å². The van der Waals surface area contributed by atoms with Crippen LogP contribution in [0.3, 0.4) is 0 Å². The van der Waals surface area contributed by atoms with E-state index in [0.29, 0.717) is 0 Å². The Labute approximate surface area is 170 Å². The van der Waals surface area contributed by atoms with Gasteiger partial charge in [0.25, 0.3) is 0 Å². The highest BCUT2D eigenvalue weighted by atomic mass is 35.5. The zero-order valence-electron chi connectivity index (χ0n) is 15.8. The summed E-state index contributed by atoms with van der Waals surface area (Å²) >= 11 is 6.10. The third-order valence-corrected chi connectivity index (χ3v) is 5.97. The van der Waals surface area contributed by atoms with Gasteiger partial charge < -0.3 is 9.88 Å². The molecular weight excluding hydrogens is 366 g/mol. The van der Waals surface area contributed by atoms with E-state index in [9.17, 15) is 0 Å². The van der Waals surface area contributed by atoms with Gasteiger partial charge in [-0.15, -0.1) is 0 Å². The standard InChI is InChI=1S/C24H22ClN3/c1-2-16-7-9-18(10-8-16)23-15-21(17-11-13-19(25)14-12-17)27-24-26-20-5-3-4-6-22(20)28(23)24/h3-14,21,23H,2,15H2,1H3,(H,26,27)/t21-,23+/m0/s1. The minimum atomic E-state index is 0.192. The Morgan fingerprint density at radius 2 is 1.68 bits per heavy atom. The van der Waals surface area contributed by atoms with Gasteiger partial charge in [-0.05, 0) is 53.8 Å². The molecule has 1 aliphatic rings. The monoisotopic (exact) mass is 387 g/mol. The average molecular weight is 388 g/mol. The van der Waals surface area contributed by atoms with Gasteiger partial charge in [-0.2, -0.15) is 0 Å². The highest BCUT2D eigenvalue weighted by Crippen LogP contribution is 2.41. The van der Waals surface area contributed by atoms with Crippen molar-refractivity contribution in [3.05, 3.63) is 94.5 Å². The molecule has 0 saturated carbocycles. The van der Waals surface area contributed by atoms with Gasteiger partial charge >= 0.3 is 0 Å². The number of aryl methyl sites for hydroxylation is 1. The summed E-state index contributed by atoms with van der Waals surface area (Å²) in [5.74, 6) is 0.928. The van der Waals surface area contributed by atoms with Gasteiger partial charge in [0.15, 0.2) is 0 Å². The lowest BCUT2D eigenvalue weighted by Gasteiger charge is -2.33. The highest BCUT2D eigenvalue weighted by molar-refractivity contribution is 6.30. The Bertz CT molecular complexity index is 1110. The molecule has 3 nitrogen and oxygen atoms in total. The molecule has 0 radical (unpaired) electrons. The van der Waals surface area contributed by atoms with Crippen LogP contribution in [0.2, 0.25) is 5.02 Å². The van der Waals surface area contributed by atoms with E-state index in [1.54, 1.807) is 0 Å². The minimum Gasteiger partial charge on any atom is -0.349 e. The number of benzene rings is 3. The SMILES string of the molecule is CCc1ccc([C@H]2C[C@@H](c3ccc(Cl)cc3)Nc3nc4ccccc4n32)cc1. The second-order valence-electron chi connectivity index (χ2n) is 7.39. The van der Waals surface area contributed by atoms with Crippen LogP contribution in [-0.2, 0) is 6.42 Å². The number of imidazole rings is 1. The number of para-hydroxylation sites is 2. The third-order valence-electron chi connectivity index (χ3n) is 5.71. The van der Waals surface area contributed by atoms with E-state index >= 15 is 0 Å². The molecule has 1 N–H and O–H groups in total. The minimum absolute atomic E-state index is 0.192. The molecular formula is C24H22ClN3. The van der Waals surface area contributed by atoms with Gasteiger partial charge in [-0.1, -0.05) is 67.1 Å². The molecule has 1 aromatic heterocycles. The Morgan fingerprint density at radius 3 is 2.43 bits per heavy atom. The number of hydrogen-bond acceptors (Lipinski definition) is 2. The fourth-order valence-corrected chi connectivity index (χ4v) is 4.31. The Kier molecular flexibility index (Phi) is 4.33. The van der Waals surface area contributed by atoms with Gasteiger partial charge in [-0.3, -0.25) is 0 Å². The Balaban J connectivity index is 1.63. The summed E-state index contributed by atoms with van der Waals surface area (Å²) in [4.78, 5) is 4.88. The van der Waals surface area contributed by atoms with Crippen molar-refractivity contribution in [2.75, 3.05) is 5.32 Å². The smallest absolute Gasteiger partial charge is 0.204 e. The molecule has 0 fully saturated rings. The van der Waals surface area contributed by atoms with E-state index in [-0.39, 0.29) is 12.1 Å². The van der Waals surface area contributed by atoms with Gasteiger partial charge in [0, 0.05) is 5.02 Å². The predicted octanol–water partition coefficient (Wildman–Crippen LogP) is 6.40. The lowest BCUT2D eigenvalue weighted by molar-refractivity contribution is 0.477. The number of rotatable bonds is 3. The molecule has 2 atom stereocenters. The van der Waals surface area contributed by atoms with E-state index in [1.807, 2.05) is 18.2 Å². The first-order valence-electron chi connectivity index (χ1n) is 9.80. The normalized spacial score (nSPS) is 18.6. The molecule has 140 valence electrons. The maximum absolute atomic E-state index is 6.10. The van der Waals surface area contributed by atoms with Crippen molar-refractivity contribution in [3.63, 3.8) is 0 Å². The number of hydrogen-bond donors (Lipinski definition) is 1. The molecule has 0 spiro atoms. The number of nitrogens with zero attached hydrogens (tertiary/aromatic N) is 2. The van der Waals surface area contributed by atoms with Crippen LogP contribution in [0.25, 0.3) is 11.0 Å². The number of halogens is 1. The zero-order valence-corrected chi connectivity index (χ0v) is 16.5. The van der Waals surface area contributed by atoms with Crippen molar-refractivity contribution in [2.45, 2.75) is 31.8 Å². The van der Waals surface area contributed by atoms with Crippen molar-refractivity contribution in [3.8, 4) is 0 Å². The van der Waals surface area contributed by atoms with Crippen LogP contribution in [0.1, 0.15) is 42.1 Å². The third kappa shape index (κ3) is 2.96. The second-order valence-corrected chi connectivity index (χ2v) is 7.83. The molecule has 5 rings (SSSR count). The van der Waals surface area contributed by atoms with Crippen LogP contribution >= 0.6 is 11.6 Å². The number of anilines is 1. The van der Waals surface area contributed by atoms with E-state index in [4.69, 9.17) is 16.6 Å². The maximum atomic E-state index is 6.10. The number of aromatic nitrogens is 2. The van der Waals surface area contributed by atoms with Crippen LogP contribution in [0.15, 0.2) is 72.8 Å². The first kappa shape index (κ1) is 17.3. The largest absolute Gasteiger partial charge is 0.349 e. The van der Waals surface area contributed by atoms with Crippen molar-refractivity contribution in [2.24, 2.45) is 0 Å². The fourth-order valence-electron chi connectivity index (χ4n) is 4.18. The van der Waals surface area contributed by atoms with Crippen molar-refractivity contribution in [1.82, 2.24) is 9.55 Å². The van der Waals surface area contributed by atoms with Crippen molar-refractivity contribution in [1.29, 1.82) is 0 Å². The van der Waals surface area contributed by atoms with Crippen molar-refractivity contribution >= 4 is 28.6 Å². The molecule has 4 aromatic rings. The van der Waals surface area contributed by atoms with Gasteiger partial charge in [0.2, 0.25) is 5.95 Å². The zero-order chi connectivity index (χ0) is 19.1. The molecule has 0 amide bonds. The molecule has 1 aliphatic heterocycles. The summed E-state index contributed by atoms with van der Waals surface area (Å²) in [6, 6.07) is 25.9. The van der Waals surface area contributed by atoms with Gasteiger partial charge in [0.1, 0.15) is 0 Å². The molecule has 4 heteroatoms. The number of nitrogens with one attached hydrogen (secondary N) is 1. The molecule has 3 aromatic carbocycles. The highest BCUT2D eigenvalue weighted by Gasteiger charge is 2.30. The summed E-state index contributed by atoms with van der Waals surface area (Å²) in [5, 5.41) is 4.42. The van der Waals surface area contributed by atoms with Crippen LogP contribution < -0.4 is 5.32 Å². The lowest BCUT2D eigenvalue weighted by atomic mass is 9.92. The number of fused-ring (bicyclic) bond motifs is 3. The predicted molar refractivity (Wildman–Crippen MR) is 116 cm³/mol.